The summed E-state index contributed by atoms with van der Waals surface area (Å²) in [6, 6.07) is 6.72. The van der Waals surface area contributed by atoms with Crippen molar-refractivity contribution in [3.63, 3.8) is 0 Å². The van der Waals surface area contributed by atoms with E-state index in [1.165, 1.54) is 0 Å². The van der Waals surface area contributed by atoms with Gasteiger partial charge in [-0.2, -0.15) is 0 Å². The highest BCUT2D eigenvalue weighted by Crippen LogP contribution is 2.34. The number of rotatable bonds is 4. The molecule has 0 bridgehead atoms. The lowest BCUT2D eigenvalue weighted by molar-refractivity contribution is -0.162. The molecule has 2 rings (SSSR count). The molecule has 20 heavy (non-hydrogen) atoms. The Morgan fingerprint density at radius 3 is 2.65 bits per heavy atom. The van der Waals surface area contributed by atoms with Crippen LogP contribution in [0.2, 0.25) is 5.02 Å². The molecule has 1 aliphatic rings. The fourth-order valence-corrected chi connectivity index (χ4v) is 2.65. The van der Waals surface area contributed by atoms with Gasteiger partial charge in [0.1, 0.15) is 5.41 Å². The molecule has 1 aromatic carbocycles. The molecule has 0 radical (unpaired) electrons. The van der Waals surface area contributed by atoms with E-state index in [0.29, 0.717) is 17.2 Å². The zero-order valence-corrected chi connectivity index (χ0v) is 12.6. The fraction of sp³-hybridized carbons (Fsp3) is 0.429. The highest BCUT2D eigenvalue weighted by atomic mass is 35.5. The molecule has 1 saturated heterocycles. The molecule has 1 aliphatic heterocycles. The van der Waals surface area contributed by atoms with Crippen LogP contribution >= 0.6 is 23.2 Å². The minimum absolute atomic E-state index is 0.144. The second kappa shape index (κ2) is 6.02. The number of carbonyl (C=O) groups excluding carboxylic acids is 2. The van der Waals surface area contributed by atoms with Crippen molar-refractivity contribution in [3.05, 3.63) is 34.9 Å². The third-order valence-electron chi connectivity index (χ3n) is 3.31. The van der Waals surface area contributed by atoms with Crippen LogP contribution in [0.4, 0.5) is 0 Å². The van der Waals surface area contributed by atoms with Gasteiger partial charge in [0.15, 0.2) is 0 Å². The molecule has 0 aliphatic carbocycles. The Hall–Kier alpha value is -1.26. The molecule has 1 aromatic rings. The quantitative estimate of drug-likeness (QED) is 0.633. The largest absolute Gasteiger partial charge is 0.465 e. The molecule has 0 spiro atoms. The zero-order chi connectivity index (χ0) is 14.8. The molecular formula is C14H15Cl2NO3. The molecule has 6 heteroatoms. The van der Waals surface area contributed by atoms with Crippen molar-refractivity contribution in [2.75, 3.05) is 25.6 Å². The number of hydrogen-bond acceptors (Lipinski definition) is 3. The van der Waals surface area contributed by atoms with E-state index in [1.807, 2.05) is 0 Å². The van der Waals surface area contributed by atoms with Crippen molar-refractivity contribution in [3.8, 4) is 0 Å². The summed E-state index contributed by atoms with van der Waals surface area (Å²) >= 11 is 11.7. The number of benzene rings is 1. The van der Waals surface area contributed by atoms with E-state index in [1.54, 1.807) is 36.1 Å². The lowest BCUT2D eigenvalue weighted by atomic mass is 9.81. The van der Waals surface area contributed by atoms with Gasteiger partial charge in [-0.3, -0.25) is 9.59 Å². The maximum atomic E-state index is 12.2. The minimum Gasteiger partial charge on any atom is -0.465 e. The molecule has 0 atom stereocenters. The minimum atomic E-state index is -0.772. The van der Waals surface area contributed by atoms with Crippen molar-refractivity contribution >= 4 is 35.1 Å². The maximum Gasteiger partial charge on any atom is 0.316 e. The van der Waals surface area contributed by atoms with Crippen LogP contribution in [-0.4, -0.2) is 42.4 Å². The average molecular weight is 316 g/mol. The van der Waals surface area contributed by atoms with Gasteiger partial charge in [-0.05, 0) is 25.1 Å². The van der Waals surface area contributed by atoms with Crippen LogP contribution in [0.15, 0.2) is 24.3 Å². The smallest absolute Gasteiger partial charge is 0.316 e. The van der Waals surface area contributed by atoms with Gasteiger partial charge in [-0.15, -0.1) is 11.6 Å². The van der Waals surface area contributed by atoms with Crippen LogP contribution in [0.3, 0.4) is 0 Å². The van der Waals surface area contributed by atoms with E-state index >= 15 is 0 Å². The number of amides is 1. The molecular weight excluding hydrogens is 301 g/mol. The standard InChI is InChI=1S/C14H15Cl2NO3/c1-2-20-13(19)14(7-15)8-17(9-14)12(18)10-4-3-5-11(16)6-10/h3-6H,2,7-9H2,1H3. The Labute approximate surface area is 127 Å². The average Bonchev–Trinajstić information content (AvgIpc) is 2.38. The molecule has 1 heterocycles. The second-order valence-electron chi connectivity index (χ2n) is 4.81. The van der Waals surface area contributed by atoms with Gasteiger partial charge in [0, 0.05) is 29.6 Å². The van der Waals surface area contributed by atoms with Crippen LogP contribution in [0.25, 0.3) is 0 Å². The number of ether oxygens (including phenoxy) is 1. The van der Waals surface area contributed by atoms with Crippen LogP contribution in [0.5, 0.6) is 0 Å². The Balaban J connectivity index is 2.05. The van der Waals surface area contributed by atoms with Gasteiger partial charge in [-0.25, -0.2) is 0 Å². The van der Waals surface area contributed by atoms with Gasteiger partial charge in [0.05, 0.1) is 6.61 Å². The summed E-state index contributed by atoms with van der Waals surface area (Å²) in [5.41, 5.74) is -0.268. The number of carbonyl (C=O) groups is 2. The predicted octanol–water partition coefficient (Wildman–Crippen LogP) is 2.58. The van der Waals surface area contributed by atoms with E-state index < -0.39 is 5.41 Å². The highest BCUT2D eigenvalue weighted by molar-refractivity contribution is 6.31. The monoisotopic (exact) mass is 315 g/mol. The summed E-state index contributed by atoms with van der Waals surface area (Å²) in [5.74, 6) is -0.354. The van der Waals surface area contributed by atoms with E-state index in [4.69, 9.17) is 27.9 Å². The maximum absolute atomic E-state index is 12.2. The summed E-state index contributed by atoms with van der Waals surface area (Å²) < 4.78 is 5.01. The molecule has 4 nitrogen and oxygen atoms in total. The van der Waals surface area contributed by atoms with E-state index in [-0.39, 0.29) is 30.8 Å². The van der Waals surface area contributed by atoms with Crippen molar-refractivity contribution in [1.82, 2.24) is 4.90 Å². The Morgan fingerprint density at radius 1 is 1.40 bits per heavy atom. The van der Waals surface area contributed by atoms with Crippen molar-refractivity contribution < 1.29 is 14.3 Å². The zero-order valence-electron chi connectivity index (χ0n) is 11.1. The molecule has 0 unspecified atom stereocenters. The lowest BCUT2D eigenvalue weighted by Gasteiger charge is -2.46. The Morgan fingerprint density at radius 2 is 2.10 bits per heavy atom. The van der Waals surface area contributed by atoms with Gasteiger partial charge in [0.2, 0.25) is 0 Å². The van der Waals surface area contributed by atoms with Crippen LogP contribution in [0, 0.1) is 5.41 Å². The number of esters is 1. The van der Waals surface area contributed by atoms with Crippen LogP contribution in [0.1, 0.15) is 17.3 Å². The van der Waals surface area contributed by atoms with Gasteiger partial charge in [-0.1, -0.05) is 17.7 Å². The van der Waals surface area contributed by atoms with E-state index in [2.05, 4.69) is 0 Å². The second-order valence-corrected chi connectivity index (χ2v) is 5.51. The summed E-state index contributed by atoms with van der Waals surface area (Å²) in [5, 5.41) is 0.505. The Bertz CT molecular complexity index is 527. The normalized spacial score (nSPS) is 16.4. The van der Waals surface area contributed by atoms with Gasteiger partial charge >= 0.3 is 5.97 Å². The van der Waals surface area contributed by atoms with E-state index in [9.17, 15) is 9.59 Å². The number of nitrogens with zero attached hydrogens (tertiary/aromatic N) is 1. The van der Waals surface area contributed by atoms with Crippen LogP contribution < -0.4 is 0 Å². The summed E-state index contributed by atoms with van der Waals surface area (Å²) in [4.78, 5) is 25.7. The highest BCUT2D eigenvalue weighted by Gasteiger charge is 2.51. The summed E-state index contributed by atoms with van der Waals surface area (Å²) in [6.45, 7) is 2.61. The first kappa shape index (κ1) is 15.1. The van der Waals surface area contributed by atoms with Crippen LogP contribution in [-0.2, 0) is 9.53 Å². The molecule has 1 fully saturated rings. The molecule has 108 valence electrons. The first-order valence-electron chi connectivity index (χ1n) is 6.30. The number of likely N-dealkylation sites (tertiary alicyclic amines) is 1. The third-order valence-corrected chi connectivity index (χ3v) is 4.06. The summed E-state index contributed by atoms with van der Waals surface area (Å²) in [6.07, 6.45) is 0. The Kier molecular flexibility index (Phi) is 4.55. The summed E-state index contributed by atoms with van der Waals surface area (Å²) in [7, 11) is 0. The van der Waals surface area contributed by atoms with Crippen molar-refractivity contribution in [2.24, 2.45) is 5.41 Å². The van der Waals surface area contributed by atoms with Gasteiger partial charge in [0.25, 0.3) is 5.91 Å². The molecule has 0 N–H and O–H groups in total. The van der Waals surface area contributed by atoms with E-state index in [0.717, 1.165) is 0 Å². The van der Waals surface area contributed by atoms with Gasteiger partial charge < -0.3 is 9.64 Å². The van der Waals surface area contributed by atoms with Crippen molar-refractivity contribution in [1.29, 1.82) is 0 Å². The van der Waals surface area contributed by atoms with Crippen molar-refractivity contribution in [2.45, 2.75) is 6.92 Å². The number of halogens is 2. The predicted molar refractivity (Wildman–Crippen MR) is 77.1 cm³/mol. The lowest BCUT2D eigenvalue weighted by Crippen LogP contribution is -2.63. The molecule has 1 amide bonds. The fourth-order valence-electron chi connectivity index (χ4n) is 2.18. The number of hydrogen-bond donors (Lipinski definition) is 0. The molecule has 0 saturated carbocycles. The third kappa shape index (κ3) is 2.76. The topological polar surface area (TPSA) is 46.6 Å². The number of alkyl halides is 1. The molecule has 0 aromatic heterocycles. The SMILES string of the molecule is CCOC(=O)C1(CCl)CN(C(=O)c2cccc(Cl)c2)C1. The first-order valence-corrected chi connectivity index (χ1v) is 7.21. The first-order chi connectivity index (χ1) is 9.52.